The largest absolute Gasteiger partial charge is 0.352 e. The molecule has 0 bridgehead atoms. The van der Waals surface area contributed by atoms with E-state index in [1.807, 2.05) is 51.1 Å². The van der Waals surface area contributed by atoms with Crippen LogP contribution in [0.25, 0.3) is 5.69 Å². The molecule has 1 aromatic heterocycles. The molecule has 8 heteroatoms. The number of hydrogen-bond acceptors (Lipinski definition) is 4. The second kappa shape index (κ2) is 10.1. The molecule has 2 amide bonds. The summed E-state index contributed by atoms with van der Waals surface area (Å²) in [6.45, 7) is 11.9. The predicted molar refractivity (Wildman–Crippen MR) is 143 cm³/mol. The number of anilines is 1. The highest BCUT2D eigenvalue weighted by atomic mass is 32.2. The molecule has 0 saturated carbocycles. The highest BCUT2D eigenvalue weighted by Crippen LogP contribution is 2.48. The number of thioether (sulfide) groups is 1. The third-order valence-corrected chi connectivity index (χ3v) is 7.20. The molecule has 2 heterocycles. The van der Waals surface area contributed by atoms with Crippen LogP contribution in [0.15, 0.2) is 48.5 Å². The average Bonchev–Trinajstić information content (AvgIpc) is 3.12. The Bertz CT molecular complexity index is 1290. The number of fused-ring (bicyclic) bond motifs is 1. The van der Waals surface area contributed by atoms with Crippen molar-refractivity contribution in [3.8, 4) is 5.69 Å². The summed E-state index contributed by atoms with van der Waals surface area (Å²) in [5, 5.41) is 7.62. The Hall–Kier alpha value is -3.13. The maximum absolute atomic E-state index is 14.3. The first-order valence-electron chi connectivity index (χ1n) is 12.1. The molecule has 1 N–H and O–H groups in total. The molecule has 1 unspecified atom stereocenters. The molecule has 0 radical (unpaired) electrons. The first-order chi connectivity index (χ1) is 17.0. The van der Waals surface area contributed by atoms with Crippen molar-refractivity contribution in [1.29, 1.82) is 0 Å². The number of aromatic nitrogens is 2. The van der Waals surface area contributed by atoms with Crippen molar-refractivity contribution >= 4 is 29.4 Å². The van der Waals surface area contributed by atoms with Gasteiger partial charge < -0.3 is 5.32 Å². The number of aryl methyl sites for hydroxylation is 1. The Morgan fingerprint density at radius 2 is 1.92 bits per heavy atom. The lowest BCUT2D eigenvalue weighted by molar-refractivity contribution is -0.123. The normalized spacial score (nSPS) is 16.2. The van der Waals surface area contributed by atoms with Crippen molar-refractivity contribution in [1.82, 2.24) is 15.1 Å². The Kier molecular flexibility index (Phi) is 7.27. The highest BCUT2D eigenvalue weighted by Gasteiger charge is 2.40. The Morgan fingerprint density at radius 1 is 1.19 bits per heavy atom. The summed E-state index contributed by atoms with van der Waals surface area (Å²) in [7, 11) is 0. The van der Waals surface area contributed by atoms with Gasteiger partial charge in [0.25, 0.3) is 0 Å². The van der Waals surface area contributed by atoms with Crippen molar-refractivity contribution in [3.05, 3.63) is 76.7 Å². The Labute approximate surface area is 216 Å². The number of halogens is 1. The standard InChI is InChI=1S/C28H33FN4O2S/c1-17(2)30-22(34)15-32-23(35)16-36-25(19-10-8-11-20(29)14-19)24-26(28(4,5)6)31-33(27(24)32)21-12-7-9-18(3)13-21/h7-14,17,25H,15-16H2,1-6H3,(H,30,34). The predicted octanol–water partition coefficient (Wildman–Crippen LogP) is 5.31. The summed E-state index contributed by atoms with van der Waals surface area (Å²) in [6, 6.07) is 14.3. The molecule has 0 saturated heterocycles. The maximum atomic E-state index is 14.3. The van der Waals surface area contributed by atoms with E-state index in [1.54, 1.807) is 15.6 Å². The van der Waals surface area contributed by atoms with Crippen LogP contribution in [0.2, 0.25) is 0 Å². The van der Waals surface area contributed by atoms with Gasteiger partial charge in [-0.25, -0.2) is 9.07 Å². The smallest absolute Gasteiger partial charge is 0.240 e. The van der Waals surface area contributed by atoms with Crippen molar-refractivity contribution in [3.63, 3.8) is 0 Å². The van der Waals surface area contributed by atoms with Crippen LogP contribution in [0.4, 0.5) is 10.2 Å². The van der Waals surface area contributed by atoms with Gasteiger partial charge in [-0.2, -0.15) is 5.10 Å². The van der Waals surface area contributed by atoms with Gasteiger partial charge in [-0.1, -0.05) is 45.0 Å². The zero-order chi connectivity index (χ0) is 26.2. The minimum atomic E-state index is -0.370. The third-order valence-electron chi connectivity index (χ3n) is 5.95. The molecule has 190 valence electrons. The number of carbonyl (C=O) groups is 2. The minimum Gasteiger partial charge on any atom is -0.352 e. The van der Waals surface area contributed by atoms with Crippen molar-refractivity contribution in [2.45, 2.75) is 58.2 Å². The Morgan fingerprint density at radius 3 is 2.56 bits per heavy atom. The van der Waals surface area contributed by atoms with E-state index in [1.165, 1.54) is 23.9 Å². The molecule has 3 aromatic rings. The van der Waals surface area contributed by atoms with Gasteiger partial charge in [0.15, 0.2) is 0 Å². The van der Waals surface area contributed by atoms with E-state index in [0.29, 0.717) is 5.82 Å². The molecule has 2 aromatic carbocycles. The summed E-state index contributed by atoms with van der Waals surface area (Å²) in [5.41, 5.74) is 3.89. The van der Waals surface area contributed by atoms with Crippen LogP contribution in [-0.4, -0.2) is 39.9 Å². The van der Waals surface area contributed by atoms with E-state index in [2.05, 4.69) is 26.1 Å². The second-order valence-corrected chi connectivity index (χ2v) is 11.6. The summed E-state index contributed by atoms with van der Waals surface area (Å²) >= 11 is 1.44. The number of amides is 2. The monoisotopic (exact) mass is 508 g/mol. The number of rotatable bonds is 5. The van der Waals surface area contributed by atoms with Crippen LogP contribution in [0.3, 0.4) is 0 Å². The molecule has 0 aliphatic carbocycles. The van der Waals surface area contributed by atoms with E-state index in [9.17, 15) is 14.0 Å². The highest BCUT2D eigenvalue weighted by molar-refractivity contribution is 8.00. The number of hydrogen-bond donors (Lipinski definition) is 1. The van der Waals surface area contributed by atoms with E-state index < -0.39 is 0 Å². The molecule has 0 fully saturated rings. The van der Waals surface area contributed by atoms with Crippen molar-refractivity contribution < 1.29 is 14.0 Å². The molecule has 1 aliphatic rings. The molecule has 0 spiro atoms. The summed E-state index contributed by atoms with van der Waals surface area (Å²) in [4.78, 5) is 28.0. The minimum absolute atomic E-state index is 0.0553. The van der Waals surface area contributed by atoms with Gasteiger partial charge in [0.05, 0.1) is 22.4 Å². The third kappa shape index (κ3) is 5.33. The van der Waals surface area contributed by atoms with Crippen molar-refractivity contribution in [2.75, 3.05) is 17.2 Å². The Balaban J connectivity index is 2.02. The fourth-order valence-corrected chi connectivity index (χ4v) is 5.64. The fraction of sp³-hybridized carbons (Fsp3) is 0.393. The number of benzene rings is 2. The number of nitrogens with one attached hydrogen (secondary N) is 1. The number of nitrogens with zero attached hydrogens (tertiary/aromatic N) is 3. The van der Waals surface area contributed by atoms with E-state index in [4.69, 9.17) is 5.10 Å². The van der Waals surface area contributed by atoms with Crippen LogP contribution < -0.4 is 10.2 Å². The van der Waals surface area contributed by atoms with E-state index in [-0.39, 0.29) is 46.6 Å². The van der Waals surface area contributed by atoms with Crippen LogP contribution in [-0.2, 0) is 15.0 Å². The molecule has 1 atom stereocenters. The van der Waals surface area contributed by atoms with Gasteiger partial charge in [-0.05, 0) is 56.2 Å². The first-order valence-corrected chi connectivity index (χ1v) is 13.2. The van der Waals surface area contributed by atoms with Gasteiger partial charge in [0.1, 0.15) is 18.2 Å². The summed E-state index contributed by atoms with van der Waals surface area (Å²) in [5.74, 6) is -0.0426. The molecular formula is C28H33FN4O2S. The lowest BCUT2D eigenvalue weighted by Crippen LogP contribution is -2.44. The van der Waals surface area contributed by atoms with Gasteiger partial charge in [0, 0.05) is 17.0 Å². The van der Waals surface area contributed by atoms with E-state index in [0.717, 1.165) is 28.1 Å². The van der Waals surface area contributed by atoms with Crippen LogP contribution >= 0.6 is 11.8 Å². The summed E-state index contributed by atoms with van der Waals surface area (Å²) < 4.78 is 16.1. The number of carbonyl (C=O) groups excluding carboxylic acids is 2. The molecule has 6 nitrogen and oxygen atoms in total. The fourth-order valence-electron chi connectivity index (χ4n) is 4.46. The zero-order valence-electron chi connectivity index (χ0n) is 21.6. The maximum Gasteiger partial charge on any atom is 0.240 e. The topological polar surface area (TPSA) is 67.2 Å². The van der Waals surface area contributed by atoms with Gasteiger partial charge in [0.2, 0.25) is 11.8 Å². The van der Waals surface area contributed by atoms with Crippen LogP contribution in [0, 0.1) is 12.7 Å². The average molecular weight is 509 g/mol. The SMILES string of the molecule is Cc1cccc(-n2nc(C(C)(C)C)c3c2N(CC(=O)NC(C)C)C(=O)CSC3c2cccc(F)c2)c1. The lowest BCUT2D eigenvalue weighted by Gasteiger charge is -2.25. The van der Waals surface area contributed by atoms with Crippen LogP contribution in [0.1, 0.15) is 62.3 Å². The quantitative estimate of drug-likeness (QED) is 0.507. The molecule has 1 aliphatic heterocycles. The van der Waals surface area contributed by atoms with E-state index >= 15 is 0 Å². The summed E-state index contributed by atoms with van der Waals surface area (Å²) in [6.07, 6.45) is 0. The zero-order valence-corrected chi connectivity index (χ0v) is 22.4. The van der Waals surface area contributed by atoms with Crippen LogP contribution in [0.5, 0.6) is 0 Å². The van der Waals surface area contributed by atoms with Gasteiger partial charge in [-0.3, -0.25) is 14.5 Å². The second-order valence-electron chi connectivity index (χ2n) is 10.5. The van der Waals surface area contributed by atoms with Crippen molar-refractivity contribution in [2.24, 2.45) is 0 Å². The van der Waals surface area contributed by atoms with Gasteiger partial charge in [-0.15, -0.1) is 11.8 Å². The molecular weight excluding hydrogens is 475 g/mol. The lowest BCUT2D eigenvalue weighted by atomic mass is 9.87. The van der Waals surface area contributed by atoms with Gasteiger partial charge >= 0.3 is 0 Å². The first kappa shape index (κ1) is 25.9. The molecule has 36 heavy (non-hydrogen) atoms. The molecule has 4 rings (SSSR count).